The van der Waals surface area contributed by atoms with Crippen LogP contribution in [0.1, 0.15) is 52.4 Å². The summed E-state index contributed by atoms with van der Waals surface area (Å²) in [6, 6.07) is 0.363. The summed E-state index contributed by atoms with van der Waals surface area (Å²) in [6.45, 7) is 8.34. The molecule has 0 aromatic rings. The van der Waals surface area contributed by atoms with E-state index < -0.39 is 0 Å². The molecule has 0 heterocycles. The summed E-state index contributed by atoms with van der Waals surface area (Å²) in [6.07, 6.45) is 7.84. The molecule has 3 unspecified atom stereocenters. The van der Waals surface area contributed by atoms with Crippen molar-refractivity contribution >= 4 is 0 Å². The molecule has 0 aromatic carbocycles. The van der Waals surface area contributed by atoms with Gasteiger partial charge in [0.1, 0.15) is 0 Å². The first kappa shape index (κ1) is 11.8. The molecule has 0 saturated heterocycles. The molecule has 0 amide bonds. The van der Waals surface area contributed by atoms with Gasteiger partial charge in [0.15, 0.2) is 0 Å². The van der Waals surface area contributed by atoms with Crippen LogP contribution in [0.4, 0.5) is 0 Å². The molecule has 1 heteroatoms. The maximum absolute atomic E-state index is 6.21. The average molecular weight is 195 g/mol. The molecule has 1 rings (SSSR count). The van der Waals surface area contributed by atoms with Crippen molar-refractivity contribution in [2.24, 2.45) is 17.6 Å². The fraction of sp³-hybridized carbons (Fsp3) is 0.846. The number of rotatable bonds is 4. The molecule has 0 aliphatic heterocycles. The first-order valence-corrected chi connectivity index (χ1v) is 6.03. The van der Waals surface area contributed by atoms with Crippen LogP contribution in [0.3, 0.4) is 0 Å². The fourth-order valence-electron chi connectivity index (χ4n) is 2.66. The lowest BCUT2D eigenvalue weighted by atomic mass is 9.76. The van der Waals surface area contributed by atoms with Crippen molar-refractivity contribution in [3.8, 4) is 0 Å². The van der Waals surface area contributed by atoms with Crippen LogP contribution in [0, 0.1) is 11.8 Å². The lowest BCUT2D eigenvalue weighted by molar-refractivity contribution is 0.228. The Balaban J connectivity index is 2.38. The second kappa shape index (κ2) is 5.55. The molecule has 0 aromatic heterocycles. The molecule has 1 nitrogen and oxygen atoms in total. The van der Waals surface area contributed by atoms with Gasteiger partial charge in [0.2, 0.25) is 0 Å². The first-order chi connectivity index (χ1) is 6.63. The SMILES string of the molecule is C=C(C)CC(N)C1CCCC(CC)C1. The molecule has 0 bridgehead atoms. The molecule has 1 fully saturated rings. The maximum atomic E-state index is 6.21. The quantitative estimate of drug-likeness (QED) is 0.683. The van der Waals surface area contributed by atoms with E-state index in [4.69, 9.17) is 5.73 Å². The molecule has 0 spiro atoms. The molecule has 1 aliphatic rings. The maximum Gasteiger partial charge on any atom is 0.0104 e. The molecule has 14 heavy (non-hydrogen) atoms. The molecular formula is C13H25N. The minimum atomic E-state index is 0.363. The minimum Gasteiger partial charge on any atom is -0.327 e. The summed E-state index contributed by atoms with van der Waals surface area (Å²) in [5.74, 6) is 1.69. The smallest absolute Gasteiger partial charge is 0.0104 e. The van der Waals surface area contributed by atoms with Gasteiger partial charge in [0.25, 0.3) is 0 Å². The predicted molar refractivity (Wildman–Crippen MR) is 63.1 cm³/mol. The van der Waals surface area contributed by atoms with Crippen molar-refractivity contribution in [3.63, 3.8) is 0 Å². The summed E-state index contributed by atoms with van der Waals surface area (Å²) < 4.78 is 0. The Morgan fingerprint density at radius 3 is 2.79 bits per heavy atom. The second-order valence-electron chi connectivity index (χ2n) is 5.03. The van der Waals surface area contributed by atoms with Crippen LogP contribution in [-0.4, -0.2) is 6.04 Å². The monoisotopic (exact) mass is 195 g/mol. The van der Waals surface area contributed by atoms with Gasteiger partial charge in [-0.1, -0.05) is 31.8 Å². The van der Waals surface area contributed by atoms with Crippen molar-refractivity contribution in [3.05, 3.63) is 12.2 Å². The van der Waals surface area contributed by atoms with E-state index in [0.29, 0.717) is 6.04 Å². The highest BCUT2D eigenvalue weighted by Crippen LogP contribution is 2.33. The average Bonchev–Trinajstić information content (AvgIpc) is 2.17. The third-order valence-electron chi connectivity index (χ3n) is 3.59. The molecule has 3 atom stereocenters. The van der Waals surface area contributed by atoms with E-state index in [1.54, 1.807) is 0 Å². The van der Waals surface area contributed by atoms with Gasteiger partial charge in [-0.15, -0.1) is 6.58 Å². The third-order valence-corrected chi connectivity index (χ3v) is 3.59. The largest absolute Gasteiger partial charge is 0.327 e. The highest BCUT2D eigenvalue weighted by Gasteiger charge is 2.25. The summed E-state index contributed by atoms with van der Waals surface area (Å²) in [5.41, 5.74) is 7.44. The normalized spacial score (nSPS) is 29.9. The lowest BCUT2D eigenvalue weighted by Gasteiger charge is -2.32. The lowest BCUT2D eigenvalue weighted by Crippen LogP contribution is -2.33. The summed E-state index contributed by atoms with van der Waals surface area (Å²) in [7, 11) is 0. The van der Waals surface area contributed by atoms with Crippen molar-refractivity contribution in [1.29, 1.82) is 0 Å². The summed E-state index contributed by atoms with van der Waals surface area (Å²) in [4.78, 5) is 0. The second-order valence-corrected chi connectivity index (χ2v) is 5.03. The van der Waals surface area contributed by atoms with E-state index in [0.717, 1.165) is 18.3 Å². The van der Waals surface area contributed by atoms with Crippen LogP contribution >= 0.6 is 0 Å². The number of nitrogens with two attached hydrogens (primary N) is 1. The van der Waals surface area contributed by atoms with E-state index in [9.17, 15) is 0 Å². The molecule has 1 aliphatic carbocycles. The van der Waals surface area contributed by atoms with E-state index >= 15 is 0 Å². The molecule has 82 valence electrons. The zero-order valence-electron chi connectivity index (χ0n) is 9.76. The standard InChI is InChI=1S/C13H25N/c1-4-11-6-5-7-12(9-11)13(14)8-10(2)3/h11-13H,2,4-9,14H2,1,3H3. The van der Waals surface area contributed by atoms with Gasteiger partial charge < -0.3 is 5.73 Å². The van der Waals surface area contributed by atoms with E-state index in [2.05, 4.69) is 20.4 Å². The minimum absolute atomic E-state index is 0.363. The highest BCUT2D eigenvalue weighted by molar-refractivity contribution is 4.94. The Hall–Kier alpha value is -0.300. The van der Waals surface area contributed by atoms with Crippen LogP contribution in [0.2, 0.25) is 0 Å². The zero-order chi connectivity index (χ0) is 10.6. The highest BCUT2D eigenvalue weighted by atomic mass is 14.7. The topological polar surface area (TPSA) is 26.0 Å². The number of hydrogen-bond acceptors (Lipinski definition) is 1. The number of hydrogen-bond donors (Lipinski definition) is 1. The van der Waals surface area contributed by atoms with Gasteiger partial charge in [0.05, 0.1) is 0 Å². The summed E-state index contributed by atoms with van der Waals surface area (Å²) in [5, 5.41) is 0. The Labute approximate surface area is 88.8 Å². The van der Waals surface area contributed by atoms with Crippen molar-refractivity contribution in [2.75, 3.05) is 0 Å². The fourth-order valence-corrected chi connectivity index (χ4v) is 2.66. The molecule has 1 saturated carbocycles. The Morgan fingerprint density at radius 1 is 1.50 bits per heavy atom. The molecule has 2 N–H and O–H groups in total. The van der Waals surface area contributed by atoms with Gasteiger partial charge in [0, 0.05) is 6.04 Å². The van der Waals surface area contributed by atoms with Crippen LogP contribution in [0.25, 0.3) is 0 Å². The first-order valence-electron chi connectivity index (χ1n) is 6.03. The van der Waals surface area contributed by atoms with Crippen LogP contribution < -0.4 is 5.73 Å². The van der Waals surface area contributed by atoms with Gasteiger partial charge in [-0.2, -0.15) is 0 Å². The van der Waals surface area contributed by atoms with E-state index in [1.807, 2.05) is 0 Å². The summed E-state index contributed by atoms with van der Waals surface area (Å²) >= 11 is 0. The van der Waals surface area contributed by atoms with E-state index in [-0.39, 0.29) is 0 Å². The van der Waals surface area contributed by atoms with Crippen LogP contribution in [0.15, 0.2) is 12.2 Å². The Bertz CT molecular complexity index is 186. The molecule has 0 radical (unpaired) electrons. The predicted octanol–water partition coefficient (Wildman–Crippen LogP) is 3.50. The molecular weight excluding hydrogens is 170 g/mol. The van der Waals surface area contributed by atoms with Gasteiger partial charge >= 0.3 is 0 Å². The van der Waals surface area contributed by atoms with Gasteiger partial charge in [-0.05, 0) is 38.0 Å². The van der Waals surface area contributed by atoms with Crippen molar-refractivity contribution in [1.82, 2.24) is 0 Å². The Morgan fingerprint density at radius 2 is 2.21 bits per heavy atom. The van der Waals surface area contributed by atoms with E-state index in [1.165, 1.54) is 37.7 Å². The van der Waals surface area contributed by atoms with Crippen molar-refractivity contribution in [2.45, 2.75) is 58.4 Å². The van der Waals surface area contributed by atoms with Crippen molar-refractivity contribution < 1.29 is 0 Å². The van der Waals surface area contributed by atoms with Crippen LogP contribution in [0.5, 0.6) is 0 Å². The third kappa shape index (κ3) is 3.45. The van der Waals surface area contributed by atoms with Crippen LogP contribution in [-0.2, 0) is 0 Å². The zero-order valence-corrected chi connectivity index (χ0v) is 9.76. The Kier molecular flexibility index (Phi) is 4.67. The van der Waals surface area contributed by atoms with Gasteiger partial charge in [-0.3, -0.25) is 0 Å². The van der Waals surface area contributed by atoms with Gasteiger partial charge in [-0.25, -0.2) is 0 Å².